The van der Waals surface area contributed by atoms with Gasteiger partial charge in [-0.15, -0.1) is 11.3 Å². The van der Waals surface area contributed by atoms with Crippen molar-refractivity contribution in [3.63, 3.8) is 0 Å². The first-order valence-corrected chi connectivity index (χ1v) is 4.13. The summed E-state index contributed by atoms with van der Waals surface area (Å²) < 4.78 is 0. The fraction of sp³-hybridized carbons (Fsp3) is 0. The van der Waals surface area contributed by atoms with Gasteiger partial charge in [-0.2, -0.15) is 0 Å². The first-order chi connectivity index (χ1) is 5.47. The fourth-order valence-electron chi connectivity index (χ4n) is 0.869. The summed E-state index contributed by atoms with van der Waals surface area (Å²) in [5.41, 5.74) is 1.09. The van der Waals surface area contributed by atoms with Crippen LogP contribution in [0.2, 0.25) is 0 Å². The quantitative estimate of drug-likeness (QED) is 0.599. The van der Waals surface area contributed by atoms with Crippen LogP contribution in [-0.4, -0.2) is 12.6 Å². The number of allylic oxidation sites excluding steroid dienone is 1. The van der Waals surface area contributed by atoms with Gasteiger partial charge < -0.3 is 0 Å². The van der Waals surface area contributed by atoms with Gasteiger partial charge in [0.2, 0.25) is 0 Å². The Morgan fingerprint density at radius 1 is 1.45 bits per heavy atom. The van der Waals surface area contributed by atoms with Crippen molar-refractivity contribution in [3.8, 4) is 0 Å². The second kappa shape index (κ2) is 2.80. The van der Waals surface area contributed by atoms with Crippen LogP contribution < -0.4 is 4.99 Å². The predicted molar refractivity (Wildman–Crippen MR) is 49.0 cm³/mol. The summed E-state index contributed by atoms with van der Waals surface area (Å²) in [6, 6.07) is 4.08. The number of hydrogen-bond acceptors (Lipinski definition) is 3. The Balaban J connectivity index is 2.38. The average Bonchev–Trinajstić information content (AvgIpc) is 2.58. The molecule has 0 saturated carbocycles. The third-order valence-electron chi connectivity index (χ3n) is 1.37. The molecule has 0 N–H and O–H groups in total. The van der Waals surface area contributed by atoms with Crippen LogP contribution in [0.15, 0.2) is 28.7 Å². The summed E-state index contributed by atoms with van der Waals surface area (Å²) in [5.74, 6) is 0. The van der Waals surface area contributed by atoms with Crippen LogP contribution in [0.1, 0.15) is 4.88 Å². The van der Waals surface area contributed by atoms with E-state index < -0.39 is 0 Å². The zero-order valence-electron chi connectivity index (χ0n) is 5.77. The molecule has 1 aromatic rings. The van der Waals surface area contributed by atoms with Crippen molar-refractivity contribution >= 4 is 29.5 Å². The maximum atomic E-state index is 3.94. The van der Waals surface area contributed by atoms with E-state index >= 15 is 0 Å². The van der Waals surface area contributed by atoms with Crippen molar-refractivity contribution in [2.75, 3.05) is 0 Å². The van der Waals surface area contributed by atoms with Crippen molar-refractivity contribution in [1.82, 2.24) is 4.99 Å². The topological polar surface area (TPSA) is 26.5 Å². The highest BCUT2D eigenvalue weighted by Gasteiger charge is 2.05. The molecule has 2 rings (SSSR count). The molecule has 0 aliphatic carbocycles. The summed E-state index contributed by atoms with van der Waals surface area (Å²) in [7, 11) is 0. The van der Waals surface area contributed by atoms with E-state index in [2.05, 4.69) is 16.1 Å². The molecule has 3 heteroatoms. The maximum absolute atomic E-state index is 3.94. The number of nitrogens with zero attached hydrogens (tertiary/aromatic N) is 2. The predicted octanol–water partition coefficient (Wildman–Crippen LogP) is 1.54. The van der Waals surface area contributed by atoms with Gasteiger partial charge in [-0.25, -0.2) is 0 Å². The molecular weight excluding hydrogens is 156 g/mol. The van der Waals surface area contributed by atoms with Gasteiger partial charge in [-0.05, 0) is 11.4 Å². The minimum absolute atomic E-state index is 1.09. The molecule has 0 aromatic carbocycles. The van der Waals surface area contributed by atoms with Crippen LogP contribution in [0.4, 0.5) is 0 Å². The maximum Gasteiger partial charge on any atom is 0.326 e. The second-order valence-electron chi connectivity index (χ2n) is 2.10. The van der Waals surface area contributed by atoms with Crippen LogP contribution in [0.5, 0.6) is 0 Å². The van der Waals surface area contributed by atoms with Gasteiger partial charge in [-0.1, -0.05) is 16.1 Å². The average molecular weight is 162 g/mol. The number of thiophene rings is 1. The highest BCUT2D eigenvalue weighted by Crippen LogP contribution is 2.18. The molecule has 2 nitrogen and oxygen atoms in total. The van der Waals surface area contributed by atoms with Gasteiger partial charge in [0.25, 0.3) is 0 Å². The van der Waals surface area contributed by atoms with Crippen molar-refractivity contribution in [2.45, 2.75) is 0 Å². The van der Waals surface area contributed by atoms with Crippen molar-refractivity contribution in [1.29, 1.82) is 0 Å². The zero-order valence-corrected chi connectivity index (χ0v) is 6.58. The molecule has 11 heavy (non-hydrogen) atoms. The lowest BCUT2D eigenvalue weighted by molar-refractivity contribution is 1.46. The largest absolute Gasteiger partial charge is 0.326 e. The molecule has 0 fully saturated rings. The SMILES string of the molecule is C1=NC=C(c2cccs2)C=[N+]1. The third-order valence-corrected chi connectivity index (χ3v) is 2.29. The van der Waals surface area contributed by atoms with Gasteiger partial charge in [0.15, 0.2) is 12.4 Å². The Hall–Kier alpha value is -1.22. The highest BCUT2D eigenvalue weighted by molar-refractivity contribution is 7.11. The smallest absolute Gasteiger partial charge is 0.144 e. The molecule has 0 amide bonds. The van der Waals surface area contributed by atoms with Gasteiger partial charge in [0.1, 0.15) is 0 Å². The van der Waals surface area contributed by atoms with Gasteiger partial charge in [-0.3, -0.25) is 0 Å². The number of aliphatic imine (C=N–C) groups is 2. The van der Waals surface area contributed by atoms with Crippen LogP contribution in [0.25, 0.3) is 5.57 Å². The normalized spacial score (nSPS) is 15.1. The molecule has 0 bridgehead atoms. The van der Waals surface area contributed by atoms with Crippen LogP contribution in [0, 0.1) is 0 Å². The molecule has 53 valence electrons. The van der Waals surface area contributed by atoms with E-state index in [4.69, 9.17) is 0 Å². The van der Waals surface area contributed by atoms with Crippen LogP contribution in [0.3, 0.4) is 0 Å². The Labute approximate surface area is 68.6 Å². The second-order valence-corrected chi connectivity index (χ2v) is 3.05. The Morgan fingerprint density at radius 2 is 2.45 bits per heavy atom. The molecule has 0 atom stereocenters. The molecule has 1 aromatic heterocycles. The summed E-state index contributed by atoms with van der Waals surface area (Å²) in [4.78, 5) is 9.09. The van der Waals surface area contributed by atoms with E-state index in [9.17, 15) is 0 Å². The molecule has 0 saturated heterocycles. The zero-order chi connectivity index (χ0) is 7.52. The fourth-order valence-corrected chi connectivity index (χ4v) is 1.57. The van der Waals surface area contributed by atoms with E-state index in [-0.39, 0.29) is 0 Å². The number of rotatable bonds is 1. The lowest BCUT2D eigenvalue weighted by atomic mass is 10.2. The third kappa shape index (κ3) is 1.28. The van der Waals surface area contributed by atoms with Gasteiger partial charge >= 0.3 is 6.34 Å². The molecule has 1 aliphatic rings. The Kier molecular flexibility index (Phi) is 1.65. The van der Waals surface area contributed by atoms with Crippen LogP contribution in [-0.2, 0) is 0 Å². The Morgan fingerprint density at radius 3 is 3.09 bits per heavy atom. The van der Waals surface area contributed by atoms with E-state index in [1.807, 2.05) is 23.9 Å². The molecule has 2 heterocycles. The summed E-state index contributed by atoms with van der Waals surface area (Å²) in [5, 5.41) is 2.04. The van der Waals surface area contributed by atoms with Crippen molar-refractivity contribution in [2.24, 2.45) is 4.99 Å². The standard InChI is InChI=1S/C8H6N2S/c1-2-8(11-3-1)7-4-9-6-10-5-7/h1-6H/q+1. The van der Waals surface area contributed by atoms with E-state index in [0.29, 0.717) is 0 Å². The molecule has 1 aliphatic heterocycles. The molecule has 0 spiro atoms. The first-order valence-electron chi connectivity index (χ1n) is 3.26. The van der Waals surface area contributed by atoms with Crippen LogP contribution >= 0.6 is 11.3 Å². The first kappa shape index (κ1) is 6.49. The van der Waals surface area contributed by atoms with Crippen molar-refractivity contribution < 1.29 is 0 Å². The van der Waals surface area contributed by atoms with Gasteiger partial charge in [0.05, 0.1) is 5.57 Å². The highest BCUT2D eigenvalue weighted by atomic mass is 32.1. The summed E-state index contributed by atoms with van der Waals surface area (Å²) in [6.45, 7) is 0. The number of hydrogen-bond donors (Lipinski definition) is 0. The monoisotopic (exact) mass is 162 g/mol. The van der Waals surface area contributed by atoms with E-state index in [1.54, 1.807) is 11.3 Å². The van der Waals surface area contributed by atoms with E-state index in [0.717, 1.165) is 5.57 Å². The molecule has 1 radical (unpaired) electrons. The molecule has 0 unspecified atom stereocenters. The van der Waals surface area contributed by atoms with Crippen molar-refractivity contribution in [3.05, 3.63) is 28.6 Å². The minimum atomic E-state index is 1.09. The van der Waals surface area contributed by atoms with E-state index in [1.165, 1.54) is 11.2 Å². The lowest BCUT2D eigenvalue weighted by Gasteiger charge is -1.89. The Bertz CT molecular complexity index is 320. The minimum Gasteiger partial charge on any atom is -0.144 e. The summed E-state index contributed by atoms with van der Waals surface area (Å²) >= 11 is 1.70. The van der Waals surface area contributed by atoms with Gasteiger partial charge in [0, 0.05) is 4.88 Å². The molecular formula is C8H6N2S+. The lowest BCUT2D eigenvalue weighted by Crippen LogP contribution is -1.95. The summed E-state index contributed by atoms with van der Waals surface area (Å²) in [6.07, 6.45) is 5.18.